The molecule has 0 fully saturated rings. The van der Waals surface area contributed by atoms with E-state index in [2.05, 4.69) is 11.3 Å². The van der Waals surface area contributed by atoms with E-state index < -0.39 is 10.0 Å². The second-order valence-electron chi connectivity index (χ2n) is 5.06. The number of nitrogens with zero attached hydrogens (tertiary/aromatic N) is 1. The molecule has 0 saturated carbocycles. The van der Waals surface area contributed by atoms with Crippen molar-refractivity contribution in [2.24, 2.45) is 0 Å². The smallest absolute Gasteiger partial charge is 0.254 e. The van der Waals surface area contributed by atoms with Crippen molar-refractivity contribution in [2.75, 3.05) is 13.1 Å². The largest absolute Gasteiger partial charge is 0.334 e. The minimum atomic E-state index is -3.58. The van der Waals surface area contributed by atoms with Gasteiger partial charge in [-0.1, -0.05) is 12.1 Å². The van der Waals surface area contributed by atoms with Gasteiger partial charge in [0.15, 0.2) is 0 Å². The van der Waals surface area contributed by atoms with Crippen LogP contribution in [0.15, 0.2) is 59.3 Å². The van der Waals surface area contributed by atoms with E-state index in [-0.39, 0.29) is 17.3 Å². The molecule has 7 heteroatoms. The van der Waals surface area contributed by atoms with Crippen LogP contribution in [0.4, 0.5) is 0 Å². The van der Waals surface area contributed by atoms with Crippen molar-refractivity contribution in [3.8, 4) is 0 Å². The summed E-state index contributed by atoms with van der Waals surface area (Å²) in [6.07, 6.45) is 1.47. The number of carbonyl (C=O) groups excluding carboxylic acids is 1. The van der Waals surface area contributed by atoms with Gasteiger partial charge >= 0.3 is 0 Å². The Labute approximate surface area is 146 Å². The Kier molecular flexibility index (Phi) is 6.30. The van der Waals surface area contributed by atoms with E-state index in [9.17, 15) is 13.2 Å². The van der Waals surface area contributed by atoms with Crippen LogP contribution < -0.4 is 4.72 Å². The summed E-state index contributed by atoms with van der Waals surface area (Å²) in [6, 6.07) is 9.91. The van der Waals surface area contributed by atoms with Crippen LogP contribution in [0.1, 0.15) is 22.2 Å². The SMILES string of the molecule is C=CCNS(=O)(=O)c1ccc(C(=O)N(CC)Cc2cccs2)cc1. The van der Waals surface area contributed by atoms with Gasteiger partial charge in [0, 0.05) is 23.5 Å². The molecule has 0 bridgehead atoms. The van der Waals surface area contributed by atoms with E-state index in [4.69, 9.17) is 0 Å². The highest BCUT2D eigenvalue weighted by Gasteiger charge is 2.17. The highest BCUT2D eigenvalue weighted by atomic mass is 32.2. The molecule has 0 spiro atoms. The average Bonchev–Trinajstić information content (AvgIpc) is 3.10. The fourth-order valence-electron chi connectivity index (χ4n) is 2.13. The molecule has 0 aliphatic rings. The molecule has 0 saturated heterocycles. The van der Waals surface area contributed by atoms with Gasteiger partial charge in [-0.3, -0.25) is 4.79 Å². The van der Waals surface area contributed by atoms with Crippen LogP contribution in [-0.2, 0) is 16.6 Å². The zero-order valence-electron chi connectivity index (χ0n) is 13.4. The van der Waals surface area contributed by atoms with E-state index in [1.807, 2.05) is 24.4 Å². The van der Waals surface area contributed by atoms with Gasteiger partial charge in [-0.05, 0) is 42.6 Å². The molecule has 1 heterocycles. The quantitative estimate of drug-likeness (QED) is 0.733. The number of rotatable bonds is 8. The Hall–Kier alpha value is -1.96. The molecular weight excluding hydrogens is 344 g/mol. The minimum Gasteiger partial charge on any atom is -0.334 e. The molecular formula is C17H20N2O3S2. The summed E-state index contributed by atoms with van der Waals surface area (Å²) in [4.78, 5) is 15.6. The van der Waals surface area contributed by atoms with Gasteiger partial charge in [0.1, 0.15) is 0 Å². The summed E-state index contributed by atoms with van der Waals surface area (Å²) in [5, 5.41) is 1.98. The first-order valence-electron chi connectivity index (χ1n) is 7.50. The molecule has 1 amide bonds. The lowest BCUT2D eigenvalue weighted by Gasteiger charge is -2.20. The Morgan fingerprint density at radius 2 is 2.00 bits per heavy atom. The molecule has 0 aliphatic carbocycles. The van der Waals surface area contributed by atoms with Crippen molar-refractivity contribution in [3.05, 3.63) is 64.9 Å². The Morgan fingerprint density at radius 1 is 1.29 bits per heavy atom. The Morgan fingerprint density at radius 3 is 2.54 bits per heavy atom. The Balaban J connectivity index is 2.14. The molecule has 0 unspecified atom stereocenters. The molecule has 5 nitrogen and oxygen atoms in total. The van der Waals surface area contributed by atoms with Crippen molar-refractivity contribution in [1.29, 1.82) is 0 Å². The maximum atomic E-state index is 12.6. The lowest BCUT2D eigenvalue weighted by Crippen LogP contribution is -2.30. The number of thiophene rings is 1. The standard InChI is InChI=1S/C17H20N2O3S2/c1-3-11-18-24(21,22)16-9-7-14(8-10-16)17(20)19(4-2)13-15-6-5-12-23-15/h3,5-10,12,18H,1,4,11,13H2,2H3. The van der Waals surface area contributed by atoms with E-state index >= 15 is 0 Å². The normalized spacial score (nSPS) is 11.2. The van der Waals surface area contributed by atoms with Gasteiger partial charge < -0.3 is 4.90 Å². The summed E-state index contributed by atoms with van der Waals surface area (Å²) < 4.78 is 26.4. The number of sulfonamides is 1. The second kappa shape index (κ2) is 8.23. The minimum absolute atomic E-state index is 0.117. The molecule has 2 aromatic rings. The van der Waals surface area contributed by atoms with Gasteiger partial charge in [-0.2, -0.15) is 0 Å². The van der Waals surface area contributed by atoms with Gasteiger partial charge in [0.05, 0.1) is 11.4 Å². The third kappa shape index (κ3) is 4.53. The van der Waals surface area contributed by atoms with Crippen molar-refractivity contribution >= 4 is 27.3 Å². The monoisotopic (exact) mass is 364 g/mol. The highest BCUT2D eigenvalue weighted by molar-refractivity contribution is 7.89. The van der Waals surface area contributed by atoms with Gasteiger partial charge in [0.2, 0.25) is 10.0 Å². The van der Waals surface area contributed by atoms with Gasteiger partial charge in [-0.15, -0.1) is 17.9 Å². The number of nitrogens with one attached hydrogen (secondary N) is 1. The summed E-state index contributed by atoms with van der Waals surface area (Å²) in [5.41, 5.74) is 0.469. The van der Waals surface area contributed by atoms with E-state index in [1.165, 1.54) is 18.2 Å². The number of carbonyl (C=O) groups is 1. The summed E-state index contributed by atoms with van der Waals surface area (Å²) in [6.45, 7) is 6.69. The molecule has 0 atom stereocenters. The fraction of sp³-hybridized carbons (Fsp3) is 0.235. The summed E-state index contributed by atoms with van der Waals surface area (Å²) >= 11 is 1.60. The lowest BCUT2D eigenvalue weighted by molar-refractivity contribution is 0.0754. The maximum Gasteiger partial charge on any atom is 0.254 e. The van der Waals surface area contributed by atoms with E-state index in [0.29, 0.717) is 18.7 Å². The first-order chi connectivity index (χ1) is 11.5. The van der Waals surface area contributed by atoms with E-state index in [1.54, 1.807) is 28.4 Å². The predicted octanol–water partition coefficient (Wildman–Crippen LogP) is 2.87. The van der Waals surface area contributed by atoms with Crippen molar-refractivity contribution in [3.63, 3.8) is 0 Å². The predicted molar refractivity (Wildman–Crippen MR) is 96.6 cm³/mol. The molecule has 0 aliphatic heterocycles. The molecule has 128 valence electrons. The zero-order valence-corrected chi connectivity index (χ0v) is 15.1. The Bertz CT molecular complexity index is 782. The first kappa shape index (κ1) is 18.4. The van der Waals surface area contributed by atoms with Crippen LogP contribution in [0.2, 0.25) is 0 Å². The topological polar surface area (TPSA) is 66.5 Å². The maximum absolute atomic E-state index is 12.6. The molecule has 1 N–H and O–H groups in total. The van der Waals surface area contributed by atoms with Crippen LogP contribution in [0, 0.1) is 0 Å². The average molecular weight is 364 g/mol. The number of hydrogen-bond acceptors (Lipinski definition) is 4. The third-order valence-electron chi connectivity index (χ3n) is 3.42. The summed E-state index contributed by atoms with van der Waals surface area (Å²) in [7, 11) is -3.58. The summed E-state index contributed by atoms with van der Waals surface area (Å²) in [5.74, 6) is -0.117. The van der Waals surface area contributed by atoms with Gasteiger partial charge in [0.25, 0.3) is 5.91 Å². The van der Waals surface area contributed by atoms with Crippen LogP contribution in [0.5, 0.6) is 0 Å². The van der Waals surface area contributed by atoms with E-state index in [0.717, 1.165) is 4.88 Å². The molecule has 2 rings (SSSR count). The lowest BCUT2D eigenvalue weighted by atomic mass is 10.2. The molecule has 0 radical (unpaired) electrons. The van der Waals surface area contributed by atoms with Crippen molar-refractivity contribution in [1.82, 2.24) is 9.62 Å². The number of amides is 1. The molecule has 1 aromatic carbocycles. The molecule has 24 heavy (non-hydrogen) atoms. The fourth-order valence-corrected chi connectivity index (χ4v) is 3.85. The van der Waals surface area contributed by atoms with Crippen LogP contribution in [0.3, 0.4) is 0 Å². The first-order valence-corrected chi connectivity index (χ1v) is 9.86. The van der Waals surface area contributed by atoms with Crippen LogP contribution in [0.25, 0.3) is 0 Å². The van der Waals surface area contributed by atoms with Crippen molar-refractivity contribution < 1.29 is 13.2 Å². The van der Waals surface area contributed by atoms with Crippen LogP contribution in [-0.4, -0.2) is 32.3 Å². The third-order valence-corrected chi connectivity index (χ3v) is 5.73. The van der Waals surface area contributed by atoms with Gasteiger partial charge in [-0.25, -0.2) is 13.1 Å². The van der Waals surface area contributed by atoms with Crippen molar-refractivity contribution in [2.45, 2.75) is 18.4 Å². The number of benzene rings is 1. The highest BCUT2D eigenvalue weighted by Crippen LogP contribution is 2.16. The number of hydrogen-bond donors (Lipinski definition) is 1. The molecule has 1 aromatic heterocycles. The van der Waals surface area contributed by atoms with Crippen LogP contribution >= 0.6 is 11.3 Å². The zero-order chi connectivity index (χ0) is 17.6. The second-order valence-corrected chi connectivity index (χ2v) is 7.86.